The van der Waals surface area contributed by atoms with Crippen molar-refractivity contribution < 1.29 is 36.1 Å². The lowest BCUT2D eigenvalue weighted by Gasteiger charge is -2.31. The number of fused-ring (bicyclic) bond motifs is 2. The van der Waals surface area contributed by atoms with Crippen molar-refractivity contribution in [3.63, 3.8) is 0 Å². The number of carbonyl (C=O) groups is 2. The highest BCUT2D eigenvalue weighted by atomic mass is 32.3. The van der Waals surface area contributed by atoms with Gasteiger partial charge in [-0.1, -0.05) is 0 Å². The Morgan fingerprint density at radius 1 is 1.36 bits per heavy atom. The second kappa shape index (κ2) is 6.99. The number of halogens is 1. The molecule has 3 aliphatic heterocycles. The van der Waals surface area contributed by atoms with Gasteiger partial charge in [0.2, 0.25) is 0 Å². The van der Waals surface area contributed by atoms with Gasteiger partial charge in [-0.25, -0.2) is 14.7 Å². The monoisotopic (exact) mass is 382 g/mol. The molecule has 0 aliphatic carbocycles. The highest BCUT2D eigenvalue weighted by Crippen LogP contribution is 2.30. The van der Waals surface area contributed by atoms with Crippen LogP contribution in [0, 0.1) is 0 Å². The molecule has 0 aromatic heterocycles. The van der Waals surface area contributed by atoms with Crippen LogP contribution in [0.4, 0.5) is 9.18 Å². The van der Waals surface area contributed by atoms with E-state index in [4.69, 9.17) is 9.39 Å². The van der Waals surface area contributed by atoms with Crippen LogP contribution in [0.3, 0.4) is 0 Å². The topological polar surface area (TPSA) is 138 Å². The van der Waals surface area contributed by atoms with Crippen molar-refractivity contribution >= 4 is 22.3 Å². The minimum absolute atomic E-state index is 0.0749. The highest BCUT2D eigenvalue weighted by Gasteiger charge is 2.49. The summed E-state index contributed by atoms with van der Waals surface area (Å²) in [6.45, 7) is 0.780. The van der Waals surface area contributed by atoms with E-state index in [1.54, 1.807) is 0 Å². The zero-order chi connectivity index (χ0) is 18.2. The molecule has 11 nitrogen and oxygen atoms in total. The predicted molar refractivity (Wildman–Crippen MR) is 78.8 cm³/mol. The summed E-state index contributed by atoms with van der Waals surface area (Å²) in [7, 11) is -4.84. The SMILES string of the molecule is O=C(NOC1CCNCC1F)C1CCC2CN1C(=O)N2OS(=O)(=O)O. The van der Waals surface area contributed by atoms with E-state index in [-0.39, 0.29) is 19.5 Å². The Morgan fingerprint density at radius 2 is 2.12 bits per heavy atom. The zero-order valence-corrected chi connectivity index (χ0v) is 13.9. The van der Waals surface area contributed by atoms with Crippen LogP contribution in [0.1, 0.15) is 19.3 Å². The molecule has 4 atom stereocenters. The highest BCUT2D eigenvalue weighted by molar-refractivity contribution is 7.80. The van der Waals surface area contributed by atoms with E-state index in [1.807, 2.05) is 0 Å². The summed E-state index contributed by atoms with van der Waals surface area (Å²) in [4.78, 5) is 30.7. The lowest BCUT2D eigenvalue weighted by molar-refractivity contribution is -0.149. The lowest BCUT2D eigenvalue weighted by atomic mass is 10.0. The number of alkyl halides is 1. The van der Waals surface area contributed by atoms with Crippen LogP contribution in [-0.2, 0) is 24.3 Å². The molecular weight excluding hydrogens is 363 g/mol. The van der Waals surface area contributed by atoms with E-state index < -0.39 is 46.7 Å². The maximum absolute atomic E-state index is 13.7. The number of nitrogens with zero attached hydrogens (tertiary/aromatic N) is 2. The van der Waals surface area contributed by atoms with Crippen LogP contribution in [-0.4, -0.2) is 78.9 Å². The summed E-state index contributed by atoms with van der Waals surface area (Å²) in [6.07, 6.45) is -1.07. The Hall–Kier alpha value is -1.54. The molecule has 13 heteroatoms. The summed E-state index contributed by atoms with van der Waals surface area (Å²) in [5.41, 5.74) is 2.19. The van der Waals surface area contributed by atoms with Gasteiger partial charge in [0.05, 0.1) is 6.04 Å². The van der Waals surface area contributed by atoms with E-state index in [9.17, 15) is 22.4 Å². The van der Waals surface area contributed by atoms with Gasteiger partial charge in [-0.15, -0.1) is 4.28 Å². The maximum atomic E-state index is 13.7. The second-order valence-corrected chi connectivity index (χ2v) is 7.15. The molecule has 0 aromatic rings. The van der Waals surface area contributed by atoms with Crippen LogP contribution < -0.4 is 10.8 Å². The van der Waals surface area contributed by atoms with Crippen molar-refractivity contribution in [1.82, 2.24) is 20.8 Å². The number of rotatable bonds is 5. The molecule has 142 valence electrons. The third kappa shape index (κ3) is 4.00. The number of piperidine rings is 2. The fraction of sp³-hybridized carbons (Fsp3) is 0.833. The van der Waals surface area contributed by atoms with E-state index in [1.165, 1.54) is 0 Å². The number of nitrogens with one attached hydrogen (secondary N) is 2. The summed E-state index contributed by atoms with van der Waals surface area (Å²) >= 11 is 0. The fourth-order valence-corrected chi connectivity index (χ4v) is 3.62. The Balaban J connectivity index is 1.58. The first kappa shape index (κ1) is 18.3. The van der Waals surface area contributed by atoms with Crippen LogP contribution >= 0.6 is 0 Å². The third-order valence-corrected chi connectivity index (χ3v) is 4.81. The number of amides is 3. The zero-order valence-electron chi connectivity index (χ0n) is 13.1. The van der Waals surface area contributed by atoms with Gasteiger partial charge in [0.1, 0.15) is 18.3 Å². The Labute approximate surface area is 143 Å². The van der Waals surface area contributed by atoms with E-state index >= 15 is 0 Å². The molecule has 3 N–H and O–H groups in total. The van der Waals surface area contributed by atoms with Gasteiger partial charge in [0.25, 0.3) is 5.91 Å². The number of urea groups is 1. The molecule has 3 amide bonds. The maximum Gasteiger partial charge on any atom is 0.418 e. The first-order valence-electron chi connectivity index (χ1n) is 7.83. The van der Waals surface area contributed by atoms with E-state index in [0.717, 1.165) is 4.90 Å². The summed E-state index contributed by atoms with van der Waals surface area (Å²) < 4.78 is 48.3. The number of hydrogen-bond donors (Lipinski definition) is 3. The van der Waals surface area contributed by atoms with Gasteiger partial charge in [-0.2, -0.15) is 13.5 Å². The average molecular weight is 382 g/mol. The van der Waals surface area contributed by atoms with Gasteiger partial charge in [0, 0.05) is 13.1 Å². The van der Waals surface area contributed by atoms with Crippen LogP contribution in [0.25, 0.3) is 0 Å². The van der Waals surface area contributed by atoms with Crippen molar-refractivity contribution in [1.29, 1.82) is 0 Å². The van der Waals surface area contributed by atoms with Crippen molar-refractivity contribution in [2.45, 2.75) is 43.6 Å². The first-order valence-corrected chi connectivity index (χ1v) is 9.20. The summed E-state index contributed by atoms with van der Waals surface area (Å²) in [6, 6.07) is -2.32. The number of hydrogen-bond acceptors (Lipinski definition) is 7. The molecule has 2 bridgehead atoms. The molecule has 0 saturated carbocycles. The molecule has 0 aromatic carbocycles. The van der Waals surface area contributed by atoms with Crippen LogP contribution in [0.2, 0.25) is 0 Å². The number of carbonyl (C=O) groups excluding carboxylic acids is 2. The largest absolute Gasteiger partial charge is 0.418 e. The quantitative estimate of drug-likeness (QED) is 0.396. The van der Waals surface area contributed by atoms with Crippen molar-refractivity contribution in [3.05, 3.63) is 0 Å². The Kier molecular flexibility index (Phi) is 5.11. The Morgan fingerprint density at radius 3 is 2.80 bits per heavy atom. The smallest absolute Gasteiger partial charge is 0.314 e. The molecule has 3 rings (SSSR count). The van der Waals surface area contributed by atoms with Gasteiger partial charge in [-0.05, 0) is 25.8 Å². The Bertz CT molecular complexity index is 647. The normalized spacial score (nSPS) is 32.8. The summed E-state index contributed by atoms with van der Waals surface area (Å²) in [5, 5.41) is 3.41. The second-order valence-electron chi connectivity index (χ2n) is 6.14. The molecule has 3 heterocycles. The summed E-state index contributed by atoms with van der Waals surface area (Å²) in [5.74, 6) is -0.619. The predicted octanol–water partition coefficient (Wildman–Crippen LogP) is -1.26. The molecule has 0 spiro atoms. The third-order valence-electron chi connectivity index (χ3n) is 4.46. The number of hydroxylamine groups is 3. The molecule has 25 heavy (non-hydrogen) atoms. The molecule has 3 saturated heterocycles. The van der Waals surface area contributed by atoms with E-state index in [2.05, 4.69) is 15.1 Å². The molecule has 4 unspecified atom stereocenters. The minimum Gasteiger partial charge on any atom is -0.314 e. The molecular formula is C12H19FN4O7S. The first-order chi connectivity index (χ1) is 11.8. The van der Waals surface area contributed by atoms with Crippen LogP contribution in [0.5, 0.6) is 0 Å². The van der Waals surface area contributed by atoms with Crippen molar-refractivity contribution in [2.75, 3.05) is 19.6 Å². The van der Waals surface area contributed by atoms with E-state index in [0.29, 0.717) is 24.4 Å². The molecule has 0 radical (unpaired) electrons. The molecule has 3 aliphatic rings. The lowest BCUT2D eigenvalue weighted by Crippen LogP contribution is -2.52. The average Bonchev–Trinajstić information content (AvgIpc) is 2.77. The van der Waals surface area contributed by atoms with Crippen molar-refractivity contribution in [3.8, 4) is 0 Å². The fourth-order valence-electron chi connectivity index (χ4n) is 3.24. The van der Waals surface area contributed by atoms with Gasteiger partial charge < -0.3 is 10.2 Å². The van der Waals surface area contributed by atoms with Crippen molar-refractivity contribution in [2.24, 2.45) is 0 Å². The van der Waals surface area contributed by atoms with Crippen LogP contribution in [0.15, 0.2) is 0 Å². The minimum atomic E-state index is -4.84. The van der Waals surface area contributed by atoms with Gasteiger partial charge in [0.15, 0.2) is 0 Å². The van der Waals surface area contributed by atoms with Gasteiger partial charge in [-0.3, -0.25) is 14.2 Å². The molecule has 3 fully saturated rings. The van der Waals surface area contributed by atoms with Gasteiger partial charge >= 0.3 is 16.4 Å². The standard InChI is InChI=1S/C12H19FN4O7S/c13-8-5-14-4-3-10(8)23-15-11(18)9-2-1-7-6-16(9)12(19)17(7)24-25(20,21)22/h7-10,14H,1-6H2,(H,15,18)(H,20,21,22).